The van der Waals surface area contributed by atoms with E-state index >= 15 is 0 Å². The van der Waals surface area contributed by atoms with Crippen LogP contribution >= 0.6 is 0 Å². The quantitative estimate of drug-likeness (QED) is 0.650. The summed E-state index contributed by atoms with van der Waals surface area (Å²) >= 11 is 0. The zero-order chi connectivity index (χ0) is 18.1. The van der Waals surface area contributed by atoms with Crippen LogP contribution in [0, 0.1) is 0 Å². The highest BCUT2D eigenvalue weighted by molar-refractivity contribution is 6.77. The number of hydrogen-bond donors (Lipinski definition) is 1. The van der Waals surface area contributed by atoms with Gasteiger partial charge in [-0.15, -0.1) is 0 Å². The molecular weight excluding hydrogens is 314 g/mol. The number of aromatic amines is 1. The number of rotatable bonds is 6. The molecule has 0 saturated carbocycles. The molecule has 3 nitrogen and oxygen atoms in total. The second kappa shape index (κ2) is 7.57. The third kappa shape index (κ3) is 3.27. The molecule has 0 aromatic carbocycles. The van der Waals surface area contributed by atoms with Crippen LogP contribution in [0.5, 0.6) is 0 Å². The summed E-state index contributed by atoms with van der Waals surface area (Å²) in [6.07, 6.45) is 4.94. The second-order valence-corrected chi connectivity index (χ2v) is 13.7. The summed E-state index contributed by atoms with van der Waals surface area (Å²) in [5, 5.41) is 0. The Morgan fingerprint density at radius 1 is 1.12 bits per heavy atom. The number of fused-ring (bicyclic) bond motifs is 1. The molecule has 0 fully saturated rings. The maximum absolute atomic E-state index is 12.5. The van der Waals surface area contributed by atoms with Gasteiger partial charge in [-0.25, -0.2) is 0 Å². The van der Waals surface area contributed by atoms with Gasteiger partial charge >= 0.3 is 0 Å². The van der Waals surface area contributed by atoms with Crippen LogP contribution < -0.4 is 5.43 Å². The van der Waals surface area contributed by atoms with E-state index in [4.69, 9.17) is 4.43 Å². The van der Waals surface area contributed by atoms with Crippen molar-refractivity contribution in [2.75, 3.05) is 0 Å². The number of pyridine rings is 1. The Balaban J connectivity index is 2.47. The molecule has 0 radical (unpaired) electrons. The van der Waals surface area contributed by atoms with Gasteiger partial charge in [-0.2, -0.15) is 0 Å². The van der Waals surface area contributed by atoms with Gasteiger partial charge in [0.05, 0.1) is 11.8 Å². The van der Waals surface area contributed by atoms with E-state index in [0.29, 0.717) is 22.5 Å². The minimum absolute atomic E-state index is 0.0515. The molecule has 1 aliphatic rings. The molecule has 2 atom stereocenters. The lowest BCUT2D eigenvalue weighted by Crippen LogP contribution is -2.49. The Morgan fingerprint density at radius 3 is 2.21 bits per heavy atom. The van der Waals surface area contributed by atoms with E-state index in [1.807, 2.05) is 0 Å². The fourth-order valence-corrected chi connectivity index (χ4v) is 10.6. The van der Waals surface area contributed by atoms with Crippen molar-refractivity contribution >= 4 is 8.32 Å². The molecule has 0 bridgehead atoms. The topological polar surface area (TPSA) is 42.1 Å². The predicted octanol–water partition coefficient (Wildman–Crippen LogP) is 5.90. The Hall–Kier alpha value is -0.873. The molecule has 0 amide bonds. The second-order valence-electron chi connectivity index (χ2n) is 8.28. The highest BCUT2D eigenvalue weighted by Crippen LogP contribution is 2.48. The van der Waals surface area contributed by atoms with E-state index in [0.717, 1.165) is 30.5 Å². The van der Waals surface area contributed by atoms with Gasteiger partial charge in [0.1, 0.15) is 0 Å². The Morgan fingerprint density at radius 2 is 1.71 bits per heavy atom. The molecule has 0 aliphatic heterocycles. The third-order valence-corrected chi connectivity index (χ3v) is 12.2. The molecule has 1 aliphatic carbocycles. The van der Waals surface area contributed by atoms with Crippen molar-refractivity contribution in [1.82, 2.24) is 4.98 Å². The first-order valence-corrected chi connectivity index (χ1v) is 11.8. The van der Waals surface area contributed by atoms with E-state index in [9.17, 15) is 4.79 Å². The fraction of sp³-hybridized carbons (Fsp3) is 0.750. The van der Waals surface area contributed by atoms with E-state index in [1.165, 1.54) is 0 Å². The molecule has 1 N–H and O–H groups in total. The molecule has 24 heavy (non-hydrogen) atoms. The zero-order valence-corrected chi connectivity index (χ0v) is 17.5. The van der Waals surface area contributed by atoms with Crippen molar-refractivity contribution in [2.24, 2.45) is 0 Å². The molecule has 4 heteroatoms. The Kier molecular flexibility index (Phi) is 6.13. The molecule has 1 heterocycles. The van der Waals surface area contributed by atoms with Crippen molar-refractivity contribution in [2.45, 2.75) is 96.4 Å². The summed E-state index contributed by atoms with van der Waals surface area (Å²) in [6.45, 7) is 16.1. The van der Waals surface area contributed by atoms with Crippen LogP contribution in [0.4, 0.5) is 0 Å². The maximum atomic E-state index is 12.5. The normalized spacial score (nSPS) is 21.6. The van der Waals surface area contributed by atoms with Crippen LogP contribution in [0.1, 0.15) is 91.0 Å². The predicted molar refractivity (Wildman–Crippen MR) is 104 cm³/mol. The lowest BCUT2D eigenvalue weighted by Gasteiger charge is -2.46. The monoisotopic (exact) mass is 349 g/mol. The van der Waals surface area contributed by atoms with Crippen LogP contribution in [0.3, 0.4) is 0 Å². The van der Waals surface area contributed by atoms with Crippen molar-refractivity contribution in [3.8, 4) is 0 Å². The lowest BCUT2D eigenvalue weighted by atomic mass is 9.82. The maximum Gasteiger partial charge on any atom is 0.201 e. The highest BCUT2D eigenvalue weighted by Gasteiger charge is 2.47. The van der Waals surface area contributed by atoms with Crippen molar-refractivity contribution in [1.29, 1.82) is 0 Å². The lowest BCUT2D eigenvalue weighted by molar-refractivity contribution is 0.145. The fourth-order valence-electron chi connectivity index (χ4n) is 5.02. The van der Waals surface area contributed by atoms with E-state index in [1.54, 1.807) is 12.3 Å². The number of nitrogens with one attached hydrogen (secondary N) is 1. The zero-order valence-electron chi connectivity index (χ0n) is 16.5. The largest absolute Gasteiger partial charge is 0.408 e. The van der Waals surface area contributed by atoms with Gasteiger partial charge in [0, 0.05) is 17.8 Å². The number of hydrogen-bond acceptors (Lipinski definition) is 2. The minimum Gasteiger partial charge on any atom is -0.408 e. The first kappa shape index (κ1) is 19.5. The molecule has 0 spiro atoms. The molecule has 1 aromatic heterocycles. The van der Waals surface area contributed by atoms with Gasteiger partial charge in [0.25, 0.3) is 0 Å². The summed E-state index contributed by atoms with van der Waals surface area (Å²) in [5.41, 5.74) is 3.88. The van der Waals surface area contributed by atoms with Crippen molar-refractivity contribution < 1.29 is 4.43 Å². The van der Waals surface area contributed by atoms with Crippen LogP contribution in [-0.2, 0) is 4.43 Å². The smallest absolute Gasteiger partial charge is 0.201 e. The molecule has 1 aromatic rings. The van der Waals surface area contributed by atoms with Crippen LogP contribution in [-0.4, -0.2) is 13.3 Å². The Bertz CT molecular complexity index is 584. The van der Waals surface area contributed by atoms with Gasteiger partial charge in [-0.1, -0.05) is 48.5 Å². The van der Waals surface area contributed by atoms with E-state index < -0.39 is 8.32 Å². The molecular formula is C20H35NO2Si. The van der Waals surface area contributed by atoms with Crippen LogP contribution in [0.15, 0.2) is 17.1 Å². The average molecular weight is 350 g/mol. The van der Waals surface area contributed by atoms with Crippen molar-refractivity contribution in [3.63, 3.8) is 0 Å². The summed E-state index contributed by atoms with van der Waals surface area (Å²) in [4.78, 5) is 15.9. The van der Waals surface area contributed by atoms with Gasteiger partial charge in [-0.3, -0.25) is 4.79 Å². The number of aromatic nitrogens is 1. The minimum atomic E-state index is -1.96. The van der Waals surface area contributed by atoms with Gasteiger partial charge in [-0.05, 0) is 41.8 Å². The standard InChI is InChI=1S/C20H35NO2Si/c1-8-16-9-10-18(20-19(16)17(22)11-12-21-20)23-24(13(2)3,14(4)5)15(6)7/h11-16,18H,8-10H2,1-7H3,(H,21,22). The highest BCUT2D eigenvalue weighted by atomic mass is 28.4. The van der Waals surface area contributed by atoms with Gasteiger partial charge < -0.3 is 9.41 Å². The molecule has 0 saturated heterocycles. The summed E-state index contributed by atoms with van der Waals surface area (Å²) in [7, 11) is -1.96. The summed E-state index contributed by atoms with van der Waals surface area (Å²) in [6, 6.07) is 1.67. The SMILES string of the molecule is CCC1CCC(O[Si](C(C)C)(C(C)C)C(C)C)c2[nH]ccc(=O)c21. The first-order chi connectivity index (χ1) is 11.3. The van der Waals surface area contributed by atoms with Gasteiger partial charge in [0.2, 0.25) is 8.32 Å². The van der Waals surface area contributed by atoms with Crippen LogP contribution in [0.2, 0.25) is 16.6 Å². The van der Waals surface area contributed by atoms with Crippen LogP contribution in [0.25, 0.3) is 0 Å². The summed E-state index contributed by atoms with van der Waals surface area (Å²) < 4.78 is 7.01. The molecule has 2 rings (SSSR count). The first-order valence-electron chi connectivity index (χ1n) is 9.64. The average Bonchev–Trinajstić information content (AvgIpc) is 2.51. The molecule has 136 valence electrons. The van der Waals surface area contributed by atoms with Crippen molar-refractivity contribution in [3.05, 3.63) is 33.7 Å². The Labute approximate surface area is 148 Å². The summed E-state index contributed by atoms with van der Waals surface area (Å²) in [5.74, 6) is 0.373. The molecule has 2 unspecified atom stereocenters. The van der Waals surface area contributed by atoms with E-state index in [-0.39, 0.29) is 11.5 Å². The number of H-pyrrole nitrogens is 1. The van der Waals surface area contributed by atoms with Gasteiger partial charge in [0.15, 0.2) is 5.43 Å². The van der Waals surface area contributed by atoms with E-state index in [2.05, 4.69) is 53.5 Å². The third-order valence-electron chi connectivity index (χ3n) is 6.08.